The lowest BCUT2D eigenvalue weighted by Crippen LogP contribution is -2.25. The predicted octanol–water partition coefficient (Wildman–Crippen LogP) is 4.70. The van der Waals surface area contributed by atoms with Gasteiger partial charge in [-0.3, -0.25) is 4.79 Å². The van der Waals surface area contributed by atoms with E-state index in [0.717, 1.165) is 26.6 Å². The topological polar surface area (TPSA) is 29.5 Å². The summed E-state index contributed by atoms with van der Waals surface area (Å²) in [5.41, 5.74) is 2.13. The first-order chi connectivity index (χ1) is 11.7. The van der Waals surface area contributed by atoms with E-state index in [9.17, 15) is 4.79 Å². The van der Waals surface area contributed by atoms with Crippen LogP contribution in [0.5, 0.6) is 5.75 Å². The first-order valence-electron chi connectivity index (χ1n) is 7.71. The van der Waals surface area contributed by atoms with Crippen LogP contribution in [0.1, 0.15) is 15.2 Å². The van der Waals surface area contributed by atoms with Crippen LogP contribution in [0.4, 0.5) is 0 Å². The molecule has 4 heteroatoms. The van der Waals surface area contributed by atoms with E-state index in [-0.39, 0.29) is 5.91 Å². The number of carbonyl (C=O) groups excluding carboxylic acids is 1. The summed E-state index contributed by atoms with van der Waals surface area (Å²) < 4.78 is 5.41. The molecule has 2 aromatic carbocycles. The second-order valence-electron chi connectivity index (χ2n) is 5.51. The maximum absolute atomic E-state index is 12.7. The zero-order chi connectivity index (χ0) is 16.9. The smallest absolute Gasteiger partial charge is 0.263 e. The number of methoxy groups -OCH3 is 1. The first-order valence-corrected chi connectivity index (χ1v) is 8.53. The Morgan fingerprint density at radius 3 is 2.46 bits per heavy atom. The molecule has 122 valence electrons. The number of para-hydroxylation sites is 1. The quantitative estimate of drug-likeness (QED) is 0.675. The summed E-state index contributed by atoms with van der Waals surface area (Å²) in [6, 6.07) is 21.7. The zero-order valence-corrected chi connectivity index (χ0v) is 14.5. The van der Waals surface area contributed by atoms with E-state index in [4.69, 9.17) is 4.74 Å². The van der Waals surface area contributed by atoms with Gasteiger partial charge in [-0.15, -0.1) is 11.3 Å². The molecule has 0 spiro atoms. The first kappa shape index (κ1) is 16.3. The Labute approximate surface area is 146 Å². The van der Waals surface area contributed by atoms with Crippen LogP contribution in [0.25, 0.3) is 10.4 Å². The predicted molar refractivity (Wildman–Crippen MR) is 98.5 cm³/mol. The third kappa shape index (κ3) is 3.49. The molecule has 1 aromatic heterocycles. The molecule has 3 aromatic rings. The summed E-state index contributed by atoms with van der Waals surface area (Å²) in [7, 11) is 3.49. The summed E-state index contributed by atoms with van der Waals surface area (Å²) in [5, 5.41) is 0. The van der Waals surface area contributed by atoms with Crippen LogP contribution in [0, 0.1) is 0 Å². The normalized spacial score (nSPS) is 10.4. The minimum absolute atomic E-state index is 0.0324. The number of carbonyl (C=O) groups is 1. The van der Waals surface area contributed by atoms with Crippen LogP contribution in [-0.4, -0.2) is 25.0 Å². The fourth-order valence-corrected chi connectivity index (χ4v) is 3.59. The lowest BCUT2D eigenvalue weighted by Gasteiger charge is -2.16. The SMILES string of the molecule is COc1ccccc1-c1ccc(C(=O)N(C)Cc2ccccc2)s1. The fourth-order valence-electron chi connectivity index (χ4n) is 2.56. The highest BCUT2D eigenvalue weighted by atomic mass is 32.1. The summed E-state index contributed by atoms with van der Waals surface area (Å²) >= 11 is 1.49. The molecule has 0 atom stereocenters. The van der Waals surface area contributed by atoms with Gasteiger partial charge in [-0.25, -0.2) is 0 Å². The molecule has 0 aliphatic rings. The van der Waals surface area contributed by atoms with Gasteiger partial charge in [0.2, 0.25) is 0 Å². The molecule has 0 saturated heterocycles. The van der Waals surface area contributed by atoms with Crippen molar-refractivity contribution >= 4 is 17.2 Å². The van der Waals surface area contributed by atoms with Crippen LogP contribution < -0.4 is 4.74 Å². The molecular formula is C20H19NO2S. The minimum atomic E-state index is 0.0324. The Balaban J connectivity index is 1.78. The van der Waals surface area contributed by atoms with Gasteiger partial charge in [0, 0.05) is 24.0 Å². The zero-order valence-electron chi connectivity index (χ0n) is 13.7. The molecule has 1 heterocycles. The largest absolute Gasteiger partial charge is 0.496 e. The van der Waals surface area contributed by atoms with E-state index in [1.807, 2.05) is 73.8 Å². The van der Waals surface area contributed by atoms with Gasteiger partial charge in [-0.05, 0) is 29.8 Å². The summed E-state index contributed by atoms with van der Waals surface area (Å²) in [6.07, 6.45) is 0. The molecular weight excluding hydrogens is 318 g/mol. The molecule has 0 bridgehead atoms. The number of thiophene rings is 1. The van der Waals surface area contributed by atoms with Crippen molar-refractivity contribution in [2.45, 2.75) is 6.54 Å². The highest BCUT2D eigenvalue weighted by Gasteiger charge is 2.16. The van der Waals surface area contributed by atoms with E-state index in [1.54, 1.807) is 12.0 Å². The molecule has 0 aliphatic heterocycles. The average Bonchev–Trinajstić information content (AvgIpc) is 3.11. The van der Waals surface area contributed by atoms with E-state index >= 15 is 0 Å². The number of nitrogens with zero attached hydrogens (tertiary/aromatic N) is 1. The molecule has 3 nitrogen and oxygen atoms in total. The molecule has 0 saturated carbocycles. The Morgan fingerprint density at radius 2 is 1.71 bits per heavy atom. The molecule has 0 N–H and O–H groups in total. The number of ether oxygens (including phenoxy) is 1. The molecule has 0 fully saturated rings. The number of hydrogen-bond donors (Lipinski definition) is 0. The van der Waals surface area contributed by atoms with Crippen molar-refractivity contribution in [3.05, 3.63) is 77.2 Å². The number of benzene rings is 2. The van der Waals surface area contributed by atoms with E-state index in [1.165, 1.54) is 11.3 Å². The lowest BCUT2D eigenvalue weighted by atomic mass is 10.1. The van der Waals surface area contributed by atoms with Crippen molar-refractivity contribution in [3.63, 3.8) is 0 Å². The number of amides is 1. The van der Waals surface area contributed by atoms with E-state index in [2.05, 4.69) is 0 Å². The molecule has 24 heavy (non-hydrogen) atoms. The van der Waals surface area contributed by atoms with Gasteiger partial charge >= 0.3 is 0 Å². The summed E-state index contributed by atoms with van der Waals surface area (Å²) in [4.78, 5) is 16.2. The Morgan fingerprint density at radius 1 is 1.00 bits per heavy atom. The lowest BCUT2D eigenvalue weighted by molar-refractivity contribution is 0.0790. The maximum Gasteiger partial charge on any atom is 0.263 e. The minimum Gasteiger partial charge on any atom is -0.496 e. The van der Waals surface area contributed by atoms with Crippen LogP contribution in [0.3, 0.4) is 0 Å². The van der Waals surface area contributed by atoms with Crippen molar-refractivity contribution in [1.29, 1.82) is 0 Å². The third-order valence-corrected chi connectivity index (χ3v) is 4.91. The highest BCUT2D eigenvalue weighted by molar-refractivity contribution is 7.17. The Bertz CT molecular complexity index is 826. The van der Waals surface area contributed by atoms with Gasteiger partial charge in [0.1, 0.15) is 5.75 Å². The summed E-state index contributed by atoms with van der Waals surface area (Å²) in [6.45, 7) is 0.599. The Hall–Kier alpha value is -2.59. The van der Waals surface area contributed by atoms with Crippen molar-refractivity contribution in [2.24, 2.45) is 0 Å². The number of hydrogen-bond acceptors (Lipinski definition) is 3. The van der Waals surface area contributed by atoms with Gasteiger partial charge < -0.3 is 9.64 Å². The van der Waals surface area contributed by atoms with Gasteiger partial charge in [0.15, 0.2) is 0 Å². The van der Waals surface area contributed by atoms with Crippen LogP contribution in [0.15, 0.2) is 66.7 Å². The monoisotopic (exact) mass is 337 g/mol. The average molecular weight is 337 g/mol. The van der Waals surface area contributed by atoms with Crippen molar-refractivity contribution in [1.82, 2.24) is 4.90 Å². The molecule has 0 radical (unpaired) electrons. The highest BCUT2D eigenvalue weighted by Crippen LogP contribution is 2.35. The van der Waals surface area contributed by atoms with Crippen molar-refractivity contribution in [3.8, 4) is 16.2 Å². The maximum atomic E-state index is 12.7. The fraction of sp³-hybridized carbons (Fsp3) is 0.150. The second-order valence-corrected chi connectivity index (χ2v) is 6.59. The van der Waals surface area contributed by atoms with Crippen LogP contribution >= 0.6 is 11.3 Å². The van der Waals surface area contributed by atoms with Gasteiger partial charge in [0.05, 0.1) is 12.0 Å². The van der Waals surface area contributed by atoms with Gasteiger partial charge in [0.25, 0.3) is 5.91 Å². The van der Waals surface area contributed by atoms with E-state index in [0.29, 0.717) is 6.54 Å². The van der Waals surface area contributed by atoms with Gasteiger partial charge in [-0.1, -0.05) is 42.5 Å². The standard InChI is InChI=1S/C20H19NO2S/c1-21(14-15-8-4-3-5-9-15)20(22)19-13-12-18(24-19)16-10-6-7-11-17(16)23-2/h3-13H,14H2,1-2H3. The number of rotatable bonds is 5. The third-order valence-electron chi connectivity index (χ3n) is 3.80. The van der Waals surface area contributed by atoms with Crippen molar-refractivity contribution in [2.75, 3.05) is 14.2 Å². The van der Waals surface area contributed by atoms with Gasteiger partial charge in [-0.2, -0.15) is 0 Å². The molecule has 0 unspecified atom stereocenters. The Kier molecular flexibility index (Phi) is 4.96. The second kappa shape index (κ2) is 7.32. The molecule has 1 amide bonds. The van der Waals surface area contributed by atoms with E-state index < -0.39 is 0 Å². The van der Waals surface area contributed by atoms with Crippen LogP contribution in [-0.2, 0) is 6.54 Å². The van der Waals surface area contributed by atoms with Crippen LogP contribution in [0.2, 0.25) is 0 Å². The summed E-state index contributed by atoms with van der Waals surface area (Å²) in [5.74, 6) is 0.848. The molecule has 3 rings (SSSR count). The molecule has 0 aliphatic carbocycles. The van der Waals surface area contributed by atoms with Crippen molar-refractivity contribution < 1.29 is 9.53 Å².